The second-order valence-corrected chi connectivity index (χ2v) is 6.76. The quantitative estimate of drug-likeness (QED) is 0.464. The number of phosphoric ester groups is 1. The number of aromatic nitrogens is 4. The molecule has 138 valence electrons. The lowest BCUT2D eigenvalue weighted by atomic mass is 10.1. The highest BCUT2D eigenvalue weighted by Crippen LogP contribution is 2.44. The minimum absolute atomic E-state index is 0.0186. The minimum Gasteiger partial charge on any atom is -0.387 e. The highest BCUT2D eigenvalue weighted by molar-refractivity contribution is 7.47. The Kier molecular flexibility index (Phi) is 5.02. The van der Waals surface area contributed by atoms with Gasteiger partial charge < -0.3 is 25.6 Å². The number of ether oxygens (including phenoxy) is 1. The van der Waals surface area contributed by atoms with Crippen LogP contribution in [0.4, 0.5) is 5.82 Å². The first-order chi connectivity index (χ1) is 11.8. The second kappa shape index (κ2) is 6.92. The predicted molar refractivity (Wildman–Crippen MR) is 83.1 cm³/mol. The monoisotopic (exact) mass is 375 g/mol. The lowest BCUT2D eigenvalue weighted by molar-refractivity contribution is -0.0513. The number of nitrogens with zero attached hydrogens (tertiary/aromatic N) is 4. The summed E-state index contributed by atoms with van der Waals surface area (Å²) in [6.45, 7) is 1.06. The molecule has 3 rings (SSSR count). The van der Waals surface area contributed by atoms with Gasteiger partial charge in [0.15, 0.2) is 17.7 Å². The largest absolute Gasteiger partial charge is 0.472 e. The molecule has 1 unspecified atom stereocenters. The number of hydrogen-bond acceptors (Lipinski definition) is 10. The summed E-state index contributed by atoms with van der Waals surface area (Å²) in [4.78, 5) is 21.3. The Morgan fingerprint density at radius 2 is 2.08 bits per heavy atom. The molecule has 0 radical (unpaired) electrons. The van der Waals surface area contributed by atoms with E-state index in [0.29, 0.717) is 11.2 Å². The lowest BCUT2D eigenvalue weighted by Crippen LogP contribution is -2.33. The smallest absolute Gasteiger partial charge is 0.387 e. The zero-order chi connectivity index (χ0) is 18.2. The standard InChI is InChI=1S/C12H18N5O7P/c1-2-22-25(20,21)23-3-6-8(18)9(19)12(24-6)17-5-16-7-10(13)14-4-15-11(7)17/h4-6,8-9,12,18-19H,2-3H2,1H3,(H,20,21)(H2,13,14,15)/t6-,8-,9-,12-/m1/s1. The molecule has 1 fully saturated rings. The first kappa shape index (κ1) is 18.1. The molecule has 2 aromatic heterocycles. The van der Waals surface area contributed by atoms with Gasteiger partial charge in [-0.05, 0) is 6.92 Å². The van der Waals surface area contributed by atoms with Crippen molar-refractivity contribution in [3.8, 4) is 0 Å². The maximum atomic E-state index is 11.5. The number of aliphatic hydroxyl groups excluding tert-OH is 2. The summed E-state index contributed by atoms with van der Waals surface area (Å²) >= 11 is 0. The van der Waals surface area contributed by atoms with E-state index in [1.807, 2.05) is 0 Å². The minimum atomic E-state index is -4.25. The summed E-state index contributed by atoms with van der Waals surface area (Å²) in [7, 11) is -4.25. The Hall–Kier alpha value is -1.66. The van der Waals surface area contributed by atoms with E-state index in [1.54, 1.807) is 0 Å². The van der Waals surface area contributed by atoms with E-state index in [4.69, 9.17) is 15.0 Å². The summed E-state index contributed by atoms with van der Waals surface area (Å²) < 4.78 is 27.8. The first-order valence-corrected chi connectivity index (χ1v) is 8.90. The van der Waals surface area contributed by atoms with Crippen LogP contribution in [-0.4, -0.2) is 66.2 Å². The molecule has 25 heavy (non-hydrogen) atoms. The molecule has 2 aromatic rings. The highest BCUT2D eigenvalue weighted by atomic mass is 31.2. The van der Waals surface area contributed by atoms with Crippen molar-refractivity contribution in [2.75, 3.05) is 18.9 Å². The average molecular weight is 375 g/mol. The predicted octanol–water partition coefficient (Wildman–Crippen LogP) is -0.819. The number of hydrogen-bond donors (Lipinski definition) is 4. The van der Waals surface area contributed by atoms with Crippen molar-refractivity contribution in [2.45, 2.75) is 31.5 Å². The summed E-state index contributed by atoms with van der Waals surface area (Å²) in [5, 5.41) is 20.4. The van der Waals surface area contributed by atoms with Gasteiger partial charge in [-0.25, -0.2) is 19.5 Å². The molecule has 1 aliphatic heterocycles. The SMILES string of the molecule is CCOP(=O)(O)OC[C@H]1O[C@@H](n2cnc3c(N)ncnc32)[C@H](O)[C@@H]1O. The van der Waals surface area contributed by atoms with Gasteiger partial charge in [0, 0.05) is 0 Å². The molecule has 0 aliphatic carbocycles. The van der Waals surface area contributed by atoms with Crippen molar-refractivity contribution in [2.24, 2.45) is 0 Å². The summed E-state index contributed by atoms with van der Waals surface area (Å²) in [6, 6.07) is 0. The van der Waals surface area contributed by atoms with Crippen LogP contribution in [0.2, 0.25) is 0 Å². The van der Waals surface area contributed by atoms with Crippen LogP contribution in [0.1, 0.15) is 13.2 Å². The normalized spacial score (nSPS) is 29.1. The molecular weight excluding hydrogens is 357 g/mol. The number of fused-ring (bicyclic) bond motifs is 1. The van der Waals surface area contributed by atoms with Gasteiger partial charge in [0.1, 0.15) is 30.2 Å². The van der Waals surface area contributed by atoms with Crippen LogP contribution in [-0.2, 0) is 18.3 Å². The van der Waals surface area contributed by atoms with Crippen LogP contribution in [0.3, 0.4) is 0 Å². The van der Waals surface area contributed by atoms with E-state index in [2.05, 4.69) is 19.5 Å². The molecule has 0 bridgehead atoms. The molecule has 0 saturated carbocycles. The number of rotatable bonds is 6. The Bertz CT molecular complexity index is 801. The number of phosphoric acid groups is 1. The van der Waals surface area contributed by atoms with Crippen LogP contribution in [0.5, 0.6) is 0 Å². The fraction of sp³-hybridized carbons (Fsp3) is 0.583. The van der Waals surface area contributed by atoms with Crippen LogP contribution < -0.4 is 5.73 Å². The molecule has 5 N–H and O–H groups in total. The molecule has 12 nitrogen and oxygen atoms in total. The Balaban J connectivity index is 1.78. The Morgan fingerprint density at radius 3 is 2.80 bits per heavy atom. The van der Waals surface area contributed by atoms with Gasteiger partial charge in [-0.15, -0.1) is 0 Å². The van der Waals surface area contributed by atoms with E-state index in [9.17, 15) is 19.7 Å². The molecule has 5 atom stereocenters. The zero-order valence-corrected chi connectivity index (χ0v) is 14.1. The van der Waals surface area contributed by atoms with Crippen molar-refractivity contribution >= 4 is 24.8 Å². The van der Waals surface area contributed by atoms with Gasteiger partial charge in [0.2, 0.25) is 0 Å². The van der Waals surface area contributed by atoms with Crippen molar-refractivity contribution < 1.29 is 33.5 Å². The summed E-state index contributed by atoms with van der Waals surface area (Å²) in [5.41, 5.74) is 6.34. The summed E-state index contributed by atoms with van der Waals surface area (Å²) in [5.74, 6) is 0.162. The van der Waals surface area contributed by atoms with Crippen molar-refractivity contribution in [1.29, 1.82) is 0 Å². The number of aliphatic hydroxyl groups is 2. The van der Waals surface area contributed by atoms with Gasteiger partial charge in [0.25, 0.3) is 0 Å². The third-order valence-electron chi connectivity index (χ3n) is 3.69. The second-order valence-electron chi connectivity index (χ2n) is 5.31. The van der Waals surface area contributed by atoms with E-state index < -0.39 is 39.0 Å². The molecule has 0 amide bonds. The summed E-state index contributed by atoms with van der Waals surface area (Å²) in [6.07, 6.45) is -2.21. The number of imidazole rings is 1. The van der Waals surface area contributed by atoms with Crippen LogP contribution in [0.25, 0.3) is 11.2 Å². The van der Waals surface area contributed by atoms with Crippen LogP contribution in [0, 0.1) is 0 Å². The number of nitrogens with two attached hydrogens (primary N) is 1. The van der Waals surface area contributed by atoms with Crippen LogP contribution in [0.15, 0.2) is 12.7 Å². The van der Waals surface area contributed by atoms with Crippen molar-refractivity contribution in [3.05, 3.63) is 12.7 Å². The fourth-order valence-electron chi connectivity index (χ4n) is 2.52. The fourth-order valence-corrected chi connectivity index (χ4v) is 3.26. The molecule has 0 spiro atoms. The first-order valence-electron chi connectivity index (χ1n) is 7.40. The number of nitrogen functional groups attached to an aromatic ring is 1. The van der Waals surface area contributed by atoms with E-state index >= 15 is 0 Å². The van der Waals surface area contributed by atoms with Gasteiger partial charge >= 0.3 is 7.82 Å². The molecule has 13 heteroatoms. The van der Waals surface area contributed by atoms with Crippen LogP contribution >= 0.6 is 7.82 Å². The molecular formula is C12H18N5O7P. The maximum absolute atomic E-state index is 11.5. The van der Waals surface area contributed by atoms with Crippen molar-refractivity contribution in [1.82, 2.24) is 19.5 Å². The molecule has 1 saturated heterocycles. The molecule has 0 aromatic carbocycles. The molecule has 3 heterocycles. The van der Waals surface area contributed by atoms with Crippen molar-refractivity contribution in [3.63, 3.8) is 0 Å². The lowest BCUT2D eigenvalue weighted by Gasteiger charge is -2.17. The zero-order valence-electron chi connectivity index (χ0n) is 13.2. The highest BCUT2D eigenvalue weighted by Gasteiger charge is 2.45. The Morgan fingerprint density at radius 1 is 1.32 bits per heavy atom. The third-order valence-corrected chi connectivity index (χ3v) is 4.75. The topological polar surface area (TPSA) is 175 Å². The maximum Gasteiger partial charge on any atom is 0.472 e. The van der Waals surface area contributed by atoms with E-state index in [0.717, 1.165) is 0 Å². The Labute approximate surface area is 141 Å². The number of anilines is 1. The third kappa shape index (κ3) is 3.51. The van der Waals surface area contributed by atoms with Gasteiger partial charge in [-0.3, -0.25) is 13.6 Å². The van der Waals surface area contributed by atoms with Gasteiger partial charge in [-0.1, -0.05) is 0 Å². The van der Waals surface area contributed by atoms with Gasteiger partial charge in [-0.2, -0.15) is 0 Å². The van der Waals surface area contributed by atoms with E-state index in [1.165, 1.54) is 24.1 Å². The molecule has 1 aliphatic rings. The van der Waals surface area contributed by atoms with Gasteiger partial charge in [0.05, 0.1) is 19.5 Å². The van der Waals surface area contributed by atoms with E-state index in [-0.39, 0.29) is 12.4 Å². The average Bonchev–Trinajstić information content (AvgIpc) is 3.10.